The third-order valence-corrected chi connectivity index (χ3v) is 4.14. The van der Waals surface area contributed by atoms with E-state index in [2.05, 4.69) is 6.58 Å². The van der Waals surface area contributed by atoms with Crippen molar-refractivity contribution in [1.29, 1.82) is 0 Å². The molecule has 1 saturated heterocycles. The van der Waals surface area contributed by atoms with Crippen molar-refractivity contribution in [2.24, 2.45) is 17.8 Å². The molecule has 0 aromatic heterocycles. The molecule has 3 heteroatoms. The van der Waals surface area contributed by atoms with Crippen LogP contribution < -0.4 is 0 Å². The van der Waals surface area contributed by atoms with E-state index in [-0.39, 0.29) is 17.5 Å². The van der Waals surface area contributed by atoms with Crippen molar-refractivity contribution in [3.63, 3.8) is 0 Å². The molecule has 0 spiro atoms. The second-order valence-corrected chi connectivity index (χ2v) is 4.62. The van der Waals surface area contributed by atoms with Crippen LogP contribution in [-0.2, 0) is 14.3 Å². The van der Waals surface area contributed by atoms with Crippen molar-refractivity contribution in [2.75, 3.05) is 6.61 Å². The number of hydrogen-bond donors (Lipinski definition) is 0. The van der Waals surface area contributed by atoms with E-state index in [9.17, 15) is 4.79 Å². The van der Waals surface area contributed by atoms with Crippen molar-refractivity contribution >= 4 is 5.97 Å². The second kappa shape index (κ2) is 2.53. The van der Waals surface area contributed by atoms with E-state index in [4.69, 9.17) is 9.47 Å². The molecule has 2 aliphatic carbocycles. The van der Waals surface area contributed by atoms with E-state index in [1.54, 1.807) is 0 Å². The average Bonchev–Trinajstić information content (AvgIpc) is 2.78. The van der Waals surface area contributed by atoms with Gasteiger partial charge in [0.15, 0.2) is 0 Å². The van der Waals surface area contributed by atoms with Crippen LogP contribution in [0.2, 0.25) is 0 Å². The highest BCUT2D eigenvalue weighted by Gasteiger charge is 2.65. The molecule has 0 amide bonds. The van der Waals surface area contributed by atoms with Gasteiger partial charge in [0, 0.05) is 5.92 Å². The molecule has 1 aliphatic heterocycles. The van der Waals surface area contributed by atoms with Crippen LogP contribution in [0.25, 0.3) is 0 Å². The fourth-order valence-electron chi connectivity index (χ4n) is 3.62. The Morgan fingerprint density at radius 2 is 2.50 bits per heavy atom. The van der Waals surface area contributed by atoms with E-state index in [0.717, 1.165) is 12.8 Å². The summed E-state index contributed by atoms with van der Waals surface area (Å²) in [5.74, 6) is 0.973. The van der Waals surface area contributed by atoms with Gasteiger partial charge in [-0.05, 0) is 25.2 Å². The van der Waals surface area contributed by atoms with Gasteiger partial charge in [-0.1, -0.05) is 6.58 Å². The molecule has 4 unspecified atom stereocenters. The quantitative estimate of drug-likeness (QED) is 0.493. The Balaban J connectivity index is 1.97. The third kappa shape index (κ3) is 0.805. The van der Waals surface area contributed by atoms with Gasteiger partial charge in [-0.25, -0.2) is 0 Å². The summed E-state index contributed by atoms with van der Waals surface area (Å²) in [5.41, 5.74) is -0.259. The number of rotatable bonds is 2. The molecular weight excluding hydrogens is 180 g/mol. The van der Waals surface area contributed by atoms with Gasteiger partial charge in [0.2, 0.25) is 0 Å². The van der Waals surface area contributed by atoms with E-state index in [0.29, 0.717) is 18.4 Å². The first-order valence-electron chi connectivity index (χ1n) is 5.22. The lowest BCUT2D eigenvalue weighted by atomic mass is 9.79. The zero-order valence-electron chi connectivity index (χ0n) is 8.07. The summed E-state index contributed by atoms with van der Waals surface area (Å²) < 4.78 is 10.7. The van der Waals surface area contributed by atoms with Crippen LogP contribution in [0.3, 0.4) is 0 Å². The predicted octanol–water partition coefficient (Wildman–Crippen LogP) is 1.49. The van der Waals surface area contributed by atoms with Crippen LogP contribution in [0.5, 0.6) is 0 Å². The Morgan fingerprint density at radius 1 is 1.64 bits per heavy atom. The van der Waals surface area contributed by atoms with E-state index in [1.165, 1.54) is 12.7 Å². The maximum Gasteiger partial charge on any atom is 0.313 e. The molecule has 0 aromatic carbocycles. The molecule has 3 nitrogen and oxygen atoms in total. The molecule has 3 aliphatic rings. The first kappa shape index (κ1) is 8.33. The van der Waals surface area contributed by atoms with Gasteiger partial charge >= 0.3 is 5.97 Å². The van der Waals surface area contributed by atoms with Crippen LogP contribution in [0.1, 0.15) is 19.3 Å². The molecule has 1 heterocycles. The highest BCUT2D eigenvalue weighted by molar-refractivity contribution is 5.77. The van der Waals surface area contributed by atoms with Crippen molar-refractivity contribution in [2.45, 2.75) is 24.9 Å². The van der Waals surface area contributed by atoms with Crippen molar-refractivity contribution in [3.8, 4) is 0 Å². The smallest absolute Gasteiger partial charge is 0.313 e. The van der Waals surface area contributed by atoms with Crippen LogP contribution in [0, 0.1) is 17.8 Å². The number of carbonyl (C=O) groups excluding carboxylic acids is 1. The van der Waals surface area contributed by atoms with Crippen LogP contribution >= 0.6 is 0 Å². The van der Waals surface area contributed by atoms with Gasteiger partial charge in [0.25, 0.3) is 0 Å². The molecule has 2 saturated carbocycles. The summed E-state index contributed by atoms with van der Waals surface area (Å²) >= 11 is 0. The fourth-order valence-corrected chi connectivity index (χ4v) is 3.62. The fraction of sp³-hybridized carbons (Fsp3) is 0.727. The summed E-state index contributed by atoms with van der Waals surface area (Å²) in [6, 6.07) is 0. The zero-order valence-corrected chi connectivity index (χ0v) is 8.07. The Morgan fingerprint density at radius 3 is 3.29 bits per heavy atom. The first-order valence-corrected chi connectivity index (χ1v) is 5.22. The Labute approximate surface area is 83.1 Å². The topological polar surface area (TPSA) is 35.5 Å². The third-order valence-electron chi connectivity index (χ3n) is 4.14. The van der Waals surface area contributed by atoms with E-state index >= 15 is 0 Å². The van der Waals surface area contributed by atoms with Gasteiger partial charge in [-0.2, -0.15) is 0 Å². The Hall–Kier alpha value is -0.990. The highest BCUT2D eigenvalue weighted by Crippen LogP contribution is 2.59. The summed E-state index contributed by atoms with van der Waals surface area (Å²) in [7, 11) is 0. The first-order chi connectivity index (χ1) is 6.77. The molecule has 3 rings (SSSR count). The van der Waals surface area contributed by atoms with Gasteiger partial charge in [0.1, 0.15) is 11.5 Å². The van der Waals surface area contributed by atoms with Gasteiger partial charge in [0.05, 0.1) is 12.9 Å². The number of fused-ring (bicyclic) bond motifs is 5. The molecular formula is C11H14O3. The zero-order chi connectivity index (χ0) is 9.76. The summed E-state index contributed by atoms with van der Waals surface area (Å²) in [6.07, 6.45) is 4.66. The van der Waals surface area contributed by atoms with Crippen molar-refractivity contribution in [3.05, 3.63) is 12.8 Å². The highest BCUT2D eigenvalue weighted by atomic mass is 16.5. The van der Waals surface area contributed by atoms with Crippen LogP contribution in [0.15, 0.2) is 12.8 Å². The monoisotopic (exact) mass is 194 g/mol. The lowest BCUT2D eigenvalue weighted by Gasteiger charge is -2.31. The molecule has 3 fully saturated rings. The van der Waals surface area contributed by atoms with Gasteiger partial charge in [-0.15, -0.1) is 0 Å². The molecule has 4 atom stereocenters. The number of ether oxygens (including phenoxy) is 2. The van der Waals surface area contributed by atoms with Crippen molar-refractivity contribution in [1.82, 2.24) is 0 Å². The second-order valence-electron chi connectivity index (χ2n) is 4.62. The molecule has 14 heavy (non-hydrogen) atoms. The molecule has 76 valence electrons. The summed E-state index contributed by atoms with van der Waals surface area (Å²) in [5, 5.41) is 0. The van der Waals surface area contributed by atoms with Crippen LogP contribution in [-0.4, -0.2) is 18.2 Å². The minimum atomic E-state index is -0.259. The van der Waals surface area contributed by atoms with Crippen molar-refractivity contribution < 1.29 is 14.3 Å². The number of esters is 1. The van der Waals surface area contributed by atoms with E-state index in [1.807, 2.05) is 0 Å². The summed E-state index contributed by atoms with van der Waals surface area (Å²) in [6.45, 7) is 4.21. The Bertz CT molecular complexity index is 299. The minimum Gasteiger partial charge on any atom is -0.495 e. The lowest BCUT2D eigenvalue weighted by molar-refractivity contribution is -0.148. The molecule has 2 bridgehead atoms. The van der Waals surface area contributed by atoms with Gasteiger partial charge in [-0.3, -0.25) is 4.79 Å². The summed E-state index contributed by atoms with van der Waals surface area (Å²) in [4.78, 5) is 11.6. The number of cyclic esters (lactones) is 1. The van der Waals surface area contributed by atoms with E-state index < -0.39 is 0 Å². The molecule has 0 N–H and O–H groups in total. The maximum atomic E-state index is 11.6. The Kier molecular flexibility index (Phi) is 1.50. The predicted molar refractivity (Wildman–Crippen MR) is 49.3 cm³/mol. The normalized spacial score (nSPS) is 48.9. The van der Waals surface area contributed by atoms with Gasteiger partial charge < -0.3 is 9.47 Å². The SMILES string of the molecule is C=COC12CCC(C1)C1COC(=O)C12. The number of hydrogen-bond acceptors (Lipinski definition) is 3. The maximum absolute atomic E-state index is 11.6. The minimum absolute atomic E-state index is 0.0146. The average molecular weight is 194 g/mol. The number of carbonyl (C=O) groups is 1. The lowest BCUT2D eigenvalue weighted by Crippen LogP contribution is -2.39. The molecule has 0 radical (unpaired) electrons. The standard InChI is InChI=1S/C11H14O3/c1-2-14-11-4-3-7(5-11)8-6-13-10(12)9(8)11/h2,7-9H,1,3-6H2. The van der Waals surface area contributed by atoms with Crippen LogP contribution in [0.4, 0.5) is 0 Å². The largest absolute Gasteiger partial charge is 0.495 e. The molecule has 0 aromatic rings.